The van der Waals surface area contributed by atoms with Crippen molar-refractivity contribution in [2.45, 2.75) is 26.4 Å². The van der Waals surface area contributed by atoms with Crippen molar-refractivity contribution >= 4 is 28.6 Å². The summed E-state index contributed by atoms with van der Waals surface area (Å²) in [7, 11) is 0. The average Bonchev–Trinajstić information content (AvgIpc) is 2.28. The highest BCUT2D eigenvalue weighted by Gasteiger charge is 2.21. The molecule has 7 heteroatoms. The lowest BCUT2D eigenvalue weighted by Gasteiger charge is -2.19. The summed E-state index contributed by atoms with van der Waals surface area (Å²) in [5, 5.41) is -0.0562. The first-order valence-corrected chi connectivity index (χ1v) is 5.93. The summed E-state index contributed by atoms with van der Waals surface area (Å²) >= 11 is 5.64. The molecule has 0 aliphatic heterocycles. The Kier molecular flexibility index (Phi) is 3.28. The Morgan fingerprint density at radius 2 is 2.11 bits per heavy atom. The fraction of sp³-hybridized carbons (Fsp3) is 0.333. The van der Waals surface area contributed by atoms with Crippen molar-refractivity contribution in [2.75, 3.05) is 0 Å². The van der Waals surface area contributed by atoms with Crippen molar-refractivity contribution in [1.82, 2.24) is 15.0 Å². The third-order valence-corrected chi connectivity index (χ3v) is 2.39. The number of hydrogen-bond donors (Lipinski definition) is 1. The summed E-state index contributed by atoms with van der Waals surface area (Å²) in [4.78, 5) is 34.4. The number of rotatable bonds is 1. The maximum atomic E-state index is 12.1. The van der Waals surface area contributed by atoms with Crippen LogP contribution in [0.4, 0.5) is 0 Å². The van der Waals surface area contributed by atoms with Gasteiger partial charge in [0.25, 0.3) is 0 Å². The lowest BCUT2D eigenvalue weighted by molar-refractivity contribution is 0.00679. The summed E-state index contributed by atoms with van der Waals surface area (Å²) in [5.74, 6) is -0.703. The van der Waals surface area contributed by atoms with Crippen LogP contribution in [0.1, 0.15) is 31.1 Å². The van der Waals surface area contributed by atoms with Crippen LogP contribution in [-0.4, -0.2) is 26.5 Å². The first-order chi connectivity index (χ1) is 8.78. The highest BCUT2D eigenvalue weighted by atomic mass is 35.5. The molecule has 0 aliphatic carbocycles. The predicted molar refractivity (Wildman–Crippen MR) is 70.3 cm³/mol. The number of esters is 1. The standard InChI is InChI=1S/C12H12ClN3O3/c1-12(2,3)19-10(18)6-4-14-7-5-15-11(13)16-8(7)9(6)17/h4-5H,1-3H3,(H,14,17). The third-order valence-electron chi connectivity index (χ3n) is 2.21. The van der Waals surface area contributed by atoms with Gasteiger partial charge in [-0.3, -0.25) is 4.79 Å². The molecule has 2 rings (SSSR count). The van der Waals surface area contributed by atoms with Gasteiger partial charge in [0, 0.05) is 6.20 Å². The minimum atomic E-state index is -0.703. The maximum absolute atomic E-state index is 12.1. The molecule has 2 aromatic heterocycles. The zero-order chi connectivity index (χ0) is 14.2. The number of aromatic nitrogens is 3. The predicted octanol–water partition coefficient (Wildman–Crippen LogP) is 1.93. The molecule has 0 aromatic carbocycles. The van der Waals surface area contributed by atoms with Crippen molar-refractivity contribution in [2.24, 2.45) is 0 Å². The third kappa shape index (κ3) is 2.90. The fourth-order valence-electron chi connectivity index (χ4n) is 1.47. The van der Waals surface area contributed by atoms with Crippen LogP contribution in [-0.2, 0) is 4.74 Å². The molecule has 100 valence electrons. The molecule has 0 aliphatic rings. The molecule has 19 heavy (non-hydrogen) atoms. The van der Waals surface area contributed by atoms with E-state index < -0.39 is 17.0 Å². The molecule has 2 heterocycles. The number of H-pyrrole nitrogens is 1. The molecular formula is C12H12ClN3O3. The SMILES string of the molecule is CC(C)(C)OC(=O)c1c[nH]c2cnc(Cl)nc2c1=O. The number of fused-ring (bicyclic) bond motifs is 1. The Bertz CT molecular complexity index is 703. The Morgan fingerprint density at radius 1 is 1.42 bits per heavy atom. The van der Waals surface area contributed by atoms with Crippen LogP contribution >= 0.6 is 11.6 Å². The zero-order valence-electron chi connectivity index (χ0n) is 10.7. The number of pyridine rings is 1. The van der Waals surface area contributed by atoms with Gasteiger partial charge in [-0.2, -0.15) is 0 Å². The molecule has 0 fully saturated rings. The second-order valence-corrected chi connectivity index (χ2v) is 5.27. The molecule has 0 amide bonds. The molecule has 0 spiro atoms. The van der Waals surface area contributed by atoms with E-state index in [0.29, 0.717) is 5.52 Å². The van der Waals surface area contributed by atoms with Gasteiger partial charge in [-0.1, -0.05) is 0 Å². The molecule has 0 saturated heterocycles. The van der Waals surface area contributed by atoms with Crippen molar-refractivity contribution in [3.8, 4) is 0 Å². The van der Waals surface area contributed by atoms with Gasteiger partial charge < -0.3 is 9.72 Å². The minimum absolute atomic E-state index is 0.0562. The van der Waals surface area contributed by atoms with Crippen LogP contribution in [0.2, 0.25) is 5.28 Å². The van der Waals surface area contributed by atoms with E-state index in [9.17, 15) is 9.59 Å². The smallest absolute Gasteiger partial charge is 0.344 e. The van der Waals surface area contributed by atoms with Gasteiger partial charge in [-0.15, -0.1) is 0 Å². The van der Waals surface area contributed by atoms with Gasteiger partial charge in [-0.05, 0) is 32.4 Å². The van der Waals surface area contributed by atoms with E-state index in [1.54, 1.807) is 20.8 Å². The van der Waals surface area contributed by atoms with Gasteiger partial charge >= 0.3 is 5.97 Å². The lowest BCUT2D eigenvalue weighted by Crippen LogP contribution is -2.27. The van der Waals surface area contributed by atoms with E-state index in [2.05, 4.69) is 15.0 Å². The second kappa shape index (κ2) is 4.62. The summed E-state index contributed by atoms with van der Waals surface area (Å²) in [6, 6.07) is 0. The minimum Gasteiger partial charge on any atom is -0.456 e. The Balaban J connectivity index is 2.54. The monoisotopic (exact) mass is 281 g/mol. The quantitative estimate of drug-likeness (QED) is 0.638. The van der Waals surface area contributed by atoms with Gasteiger partial charge in [0.1, 0.15) is 16.7 Å². The van der Waals surface area contributed by atoms with E-state index in [-0.39, 0.29) is 16.4 Å². The second-order valence-electron chi connectivity index (χ2n) is 4.93. The van der Waals surface area contributed by atoms with Crippen molar-refractivity contribution < 1.29 is 9.53 Å². The molecule has 0 saturated carbocycles. The van der Waals surface area contributed by atoms with Crippen molar-refractivity contribution in [1.29, 1.82) is 0 Å². The van der Waals surface area contributed by atoms with Crippen LogP contribution in [0.25, 0.3) is 11.0 Å². The Morgan fingerprint density at radius 3 is 2.74 bits per heavy atom. The fourth-order valence-corrected chi connectivity index (χ4v) is 1.60. The molecule has 0 bridgehead atoms. The summed E-state index contributed by atoms with van der Waals surface area (Å²) in [5.41, 5.74) is -0.864. The molecule has 0 radical (unpaired) electrons. The van der Waals surface area contributed by atoms with Gasteiger partial charge in [0.15, 0.2) is 0 Å². The number of nitrogens with zero attached hydrogens (tertiary/aromatic N) is 2. The topological polar surface area (TPSA) is 84.9 Å². The molecule has 1 N–H and O–H groups in total. The van der Waals surface area contributed by atoms with E-state index in [4.69, 9.17) is 16.3 Å². The van der Waals surface area contributed by atoms with E-state index in [1.165, 1.54) is 12.4 Å². The summed E-state index contributed by atoms with van der Waals surface area (Å²) < 4.78 is 5.15. The van der Waals surface area contributed by atoms with Crippen LogP contribution in [0.3, 0.4) is 0 Å². The van der Waals surface area contributed by atoms with Crippen LogP contribution in [0, 0.1) is 0 Å². The number of hydrogen-bond acceptors (Lipinski definition) is 5. The normalized spacial score (nSPS) is 11.6. The van der Waals surface area contributed by atoms with E-state index in [0.717, 1.165) is 0 Å². The number of nitrogens with one attached hydrogen (secondary N) is 1. The highest BCUT2D eigenvalue weighted by molar-refractivity contribution is 6.28. The molecule has 0 atom stereocenters. The van der Waals surface area contributed by atoms with Crippen LogP contribution in [0.5, 0.6) is 0 Å². The van der Waals surface area contributed by atoms with E-state index >= 15 is 0 Å². The Hall–Kier alpha value is -1.95. The number of carbonyl (C=O) groups is 1. The van der Waals surface area contributed by atoms with Gasteiger partial charge in [0.2, 0.25) is 10.7 Å². The number of halogens is 1. The first kappa shape index (κ1) is 13.5. The average molecular weight is 282 g/mol. The van der Waals surface area contributed by atoms with E-state index in [1.807, 2.05) is 0 Å². The van der Waals surface area contributed by atoms with Crippen molar-refractivity contribution in [3.05, 3.63) is 33.5 Å². The molecular weight excluding hydrogens is 270 g/mol. The Labute approximate surface area is 113 Å². The first-order valence-electron chi connectivity index (χ1n) is 5.55. The largest absolute Gasteiger partial charge is 0.456 e. The maximum Gasteiger partial charge on any atom is 0.344 e. The molecule has 2 aromatic rings. The highest BCUT2D eigenvalue weighted by Crippen LogP contribution is 2.12. The van der Waals surface area contributed by atoms with Crippen LogP contribution < -0.4 is 5.43 Å². The number of carbonyl (C=O) groups excluding carboxylic acids is 1. The number of ether oxygens (including phenoxy) is 1. The van der Waals surface area contributed by atoms with Gasteiger partial charge in [0.05, 0.1) is 11.7 Å². The molecule has 6 nitrogen and oxygen atoms in total. The van der Waals surface area contributed by atoms with Crippen LogP contribution in [0.15, 0.2) is 17.2 Å². The number of aromatic amines is 1. The molecule has 0 unspecified atom stereocenters. The van der Waals surface area contributed by atoms with Gasteiger partial charge in [-0.25, -0.2) is 14.8 Å². The summed E-state index contributed by atoms with van der Waals surface area (Å²) in [6.45, 7) is 5.16. The zero-order valence-corrected chi connectivity index (χ0v) is 11.4. The summed E-state index contributed by atoms with van der Waals surface area (Å²) in [6.07, 6.45) is 2.67. The van der Waals surface area contributed by atoms with Crippen molar-refractivity contribution in [3.63, 3.8) is 0 Å². The lowest BCUT2D eigenvalue weighted by atomic mass is 10.2.